The number of hydrogen-bond acceptors (Lipinski definition) is 4. The molecule has 0 aliphatic rings. The van der Waals surface area contributed by atoms with E-state index in [4.69, 9.17) is 9.26 Å². The first kappa shape index (κ1) is 21.3. The van der Waals surface area contributed by atoms with Crippen LogP contribution in [0.2, 0.25) is 0 Å². The fourth-order valence-corrected chi connectivity index (χ4v) is 2.10. The number of rotatable bonds is 7. The zero-order valence-electron chi connectivity index (χ0n) is 15.2. The van der Waals surface area contributed by atoms with Crippen molar-refractivity contribution < 1.29 is 9.26 Å². The summed E-state index contributed by atoms with van der Waals surface area (Å²) < 4.78 is 10.5. The fourth-order valence-electron chi connectivity index (χ4n) is 2.10. The largest absolute Gasteiger partial charge is 0.493 e. The Labute approximate surface area is 166 Å². The molecular formula is C18H27IN4O2. The van der Waals surface area contributed by atoms with Gasteiger partial charge in [0.05, 0.1) is 19.2 Å². The van der Waals surface area contributed by atoms with Crippen molar-refractivity contribution in [1.82, 2.24) is 15.8 Å². The molecule has 0 saturated heterocycles. The van der Waals surface area contributed by atoms with Crippen LogP contribution in [-0.4, -0.2) is 24.8 Å². The Morgan fingerprint density at radius 3 is 2.48 bits per heavy atom. The van der Waals surface area contributed by atoms with E-state index in [-0.39, 0.29) is 30.0 Å². The van der Waals surface area contributed by atoms with Gasteiger partial charge in [0.2, 0.25) is 0 Å². The predicted molar refractivity (Wildman–Crippen MR) is 110 cm³/mol. The third-order valence-electron chi connectivity index (χ3n) is 3.47. The third kappa shape index (κ3) is 7.33. The molecule has 0 saturated carbocycles. The summed E-state index contributed by atoms with van der Waals surface area (Å²) in [6, 6.07) is 10.1. The average molecular weight is 458 g/mol. The summed E-state index contributed by atoms with van der Waals surface area (Å²) in [5.41, 5.74) is 1.99. The first-order valence-corrected chi connectivity index (χ1v) is 8.17. The molecule has 2 aromatic rings. The van der Waals surface area contributed by atoms with Crippen molar-refractivity contribution in [3.05, 3.63) is 47.9 Å². The van der Waals surface area contributed by atoms with Crippen molar-refractivity contribution in [2.45, 2.75) is 33.4 Å². The maximum Gasteiger partial charge on any atom is 0.191 e. The number of aromatic nitrogens is 1. The van der Waals surface area contributed by atoms with E-state index in [2.05, 4.69) is 53.7 Å². The van der Waals surface area contributed by atoms with E-state index >= 15 is 0 Å². The minimum atomic E-state index is 0. The number of nitrogens with zero attached hydrogens (tertiary/aromatic N) is 2. The monoisotopic (exact) mass is 458 g/mol. The van der Waals surface area contributed by atoms with Gasteiger partial charge in [-0.25, -0.2) is 0 Å². The predicted octanol–water partition coefficient (Wildman–Crippen LogP) is 3.75. The number of hydrogen-bond donors (Lipinski definition) is 2. The molecule has 2 N–H and O–H groups in total. The van der Waals surface area contributed by atoms with E-state index < -0.39 is 0 Å². The van der Waals surface area contributed by atoms with Crippen LogP contribution in [0.1, 0.15) is 38.1 Å². The number of nitrogens with one attached hydrogen (secondary N) is 2. The second-order valence-electron chi connectivity index (χ2n) is 6.06. The van der Waals surface area contributed by atoms with Crippen LogP contribution in [0.3, 0.4) is 0 Å². The zero-order valence-corrected chi connectivity index (χ0v) is 17.5. The molecule has 0 radical (unpaired) electrons. The molecule has 1 heterocycles. The maximum atomic E-state index is 5.71. The quantitative estimate of drug-likeness (QED) is 0.376. The molecule has 0 aliphatic carbocycles. The first-order valence-electron chi connectivity index (χ1n) is 8.17. The highest BCUT2D eigenvalue weighted by Crippen LogP contribution is 2.18. The van der Waals surface area contributed by atoms with Gasteiger partial charge in [-0.1, -0.05) is 31.1 Å². The Bertz CT molecular complexity index is 627. The van der Waals surface area contributed by atoms with Gasteiger partial charge in [0, 0.05) is 13.1 Å². The third-order valence-corrected chi connectivity index (χ3v) is 3.47. The van der Waals surface area contributed by atoms with Crippen molar-refractivity contribution in [3.63, 3.8) is 0 Å². The van der Waals surface area contributed by atoms with Crippen LogP contribution in [0.25, 0.3) is 0 Å². The molecule has 0 bridgehead atoms. The molecule has 6 nitrogen and oxygen atoms in total. The molecule has 25 heavy (non-hydrogen) atoms. The summed E-state index contributed by atoms with van der Waals surface area (Å²) >= 11 is 0. The van der Waals surface area contributed by atoms with E-state index in [1.54, 1.807) is 13.3 Å². The summed E-state index contributed by atoms with van der Waals surface area (Å²) in [7, 11) is 1.74. The standard InChI is InChI=1S/C18H26N4O2.HI/c1-13(2)12-23-17-7-5-15(6-8-17)14(3)21-18(19-4)20-11-16-9-10-24-22-16;/h5-10,13-14H,11-12H2,1-4H3,(H2,19,20,21);1H. The normalized spacial score (nSPS) is 12.4. The summed E-state index contributed by atoms with van der Waals surface area (Å²) in [4.78, 5) is 4.23. The molecular weight excluding hydrogens is 431 g/mol. The van der Waals surface area contributed by atoms with Crippen LogP contribution in [0.4, 0.5) is 0 Å². The Balaban J connectivity index is 0.00000312. The average Bonchev–Trinajstić information content (AvgIpc) is 3.10. The van der Waals surface area contributed by atoms with Crippen LogP contribution >= 0.6 is 24.0 Å². The molecule has 7 heteroatoms. The lowest BCUT2D eigenvalue weighted by Gasteiger charge is -2.18. The van der Waals surface area contributed by atoms with Gasteiger partial charge in [-0.2, -0.15) is 0 Å². The Morgan fingerprint density at radius 1 is 1.20 bits per heavy atom. The second kappa shape index (κ2) is 11.0. The minimum Gasteiger partial charge on any atom is -0.493 e. The highest BCUT2D eigenvalue weighted by molar-refractivity contribution is 14.0. The molecule has 1 aromatic heterocycles. The zero-order chi connectivity index (χ0) is 17.4. The maximum absolute atomic E-state index is 5.71. The molecule has 138 valence electrons. The van der Waals surface area contributed by atoms with E-state index in [0.717, 1.165) is 23.6 Å². The van der Waals surface area contributed by atoms with Crippen LogP contribution < -0.4 is 15.4 Å². The van der Waals surface area contributed by atoms with Crippen LogP contribution in [0.5, 0.6) is 5.75 Å². The van der Waals surface area contributed by atoms with Gasteiger partial charge in [-0.05, 0) is 30.5 Å². The molecule has 0 amide bonds. The lowest BCUT2D eigenvalue weighted by Crippen LogP contribution is -2.38. The van der Waals surface area contributed by atoms with Gasteiger partial charge in [-0.15, -0.1) is 24.0 Å². The topological polar surface area (TPSA) is 71.7 Å². The van der Waals surface area contributed by atoms with E-state index in [9.17, 15) is 0 Å². The van der Waals surface area contributed by atoms with Gasteiger partial charge in [0.25, 0.3) is 0 Å². The molecule has 0 aliphatic heterocycles. The van der Waals surface area contributed by atoms with E-state index in [0.29, 0.717) is 18.4 Å². The SMILES string of the molecule is CN=C(NCc1ccon1)NC(C)c1ccc(OCC(C)C)cc1.I. The molecule has 1 unspecified atom stereocenters. The van der Waals surface area contributed by atoms with Crippen molar-refractivity contribution in [2.75, 3.05) is 13.7 Å². The number of halogens is 1. The number of aliphatic imine (C=N–C) groups is 1. The summed E-state index contributed by atoms with van der Waals surface area (Å²) in [6.07, 6.45) is 1.55. The molecule has 0 spiro atoms. The van der Waals surface area contributed by atoms with Gasteiger partial charge in [-0.3, -0.25) is 4.99 Å². The van der Waals surface area contributed by atoms with Gasteiger partial charge < -0.3 is 19.9 Å². The van der Waals surface area contributed by atoms with E-state index in [1.165, 1.54) is 0 Å². The number of guanidine groups is 1. The highest BCUT2D eigenvalue weighted by Gasteiger charge is 2.09. The van der Waals surface area contributed by atoms with Gasteiger partial charge in [0.15, 0.2) is 5.96 Å². The Hall–Kier alpha value is -1.77. The van der Waals surface area contributed by atoms with Gasteiger partial charge in [0.1, 0.15) is 17.7 Å². The fraction of sp³-hybridized carbons (Fsp3) is 0.444. The summed E-state index contributed by atoms with van der Waals surface area (Å²) in [6.45, 7) is 7.65. The summed E-state index contributed by atoms with van der Waals surface area (Å²) in [5, 5.41) is 10.4. The molecule has 0 fully saturated rings. The molecule has 1 aromatic carbocycles. The summed E-state index contributed by atoms with van der Waals surface area (Å²) in [5.74, 6) is 2.13. The van der Waals surface area contributed by atoms with Crippen molar-refractivity contribution in [3.8, 4) is 5.75 Å². The first-order chi connectivity index (χ1) is 11.6. The Kier molecular flexibility index (Phi) is 9.33. The lowest BCUT2D eigenvalue weighted by atomic mass is 10.1. The second-order valence-corrected chi connectivity index (χ2v) is 6.06. The molecule has 2 rings (SSSR count). The minimum absolute atomic E-state index is 0. The van der Waals surface area contributed by atoms with Gasteiger partial charge >= 0.3 is 0 Å². The lowest BCUT2D eigenvalue weighted by molar-refractivity contribution is 0.271. The number of benzene rings is 1. The van der Waals surface area contributed by atoms with E-state index in [1.807, 2.05) is 18.2 Å². The van der Waals surface area contributed by atoms with Crippen molar-refractivity contribution >= 4 is 29.9 Å². The smallest absolute Gasteiger partial charge is 0.191 e. The van der Waals surface area contributed by atoms with Crippen LogP contribution in [0, 0.1) is 5.92 Å². The van der Waals surface area contributed by atoms with Crippen LogP contribution in [0.15, 0.2) is 46.1 Å². The van der Waals surface area contributed by atoms with Crippen LogP contribution in [-0.2, 0) is 6.54 Å². The van der Waals surface area contributed by atoms with Crippen molar-refractivity contribution in [2.24, 2.45) is 10.9 Å². The number of ether oxygens (including phenoxy) is 1. The molecule has 1 atom stereocenters. The van der Waals surface area contributed by atoms with Crippen molar-refractivity contribution in [1.29, 1.82) is 0 Å². The highest BCUT2D eigenvalue weighted by atomic mass is 127. The Morgan fingerprint density at radius 2 is 1.92 bits per heavy atom.